The van der Waals surface area contributed by atoms with E-state index >= 15 is 0 Å². The van der Waals surface area contributed by atoms with Crippen molar-refractivity contribution >= 4 is 17.2 Å². The Hall–Kier alpha value is -3.72. The predicted octanol–water partition coefficient (Wildman–Crippen LogP) is 4.93. The van der Waals surface area contributed by atoms with Crippen molar-refractivity contribution in [3.63, 3.8) is 0 Å². The molecule has 9 heteroatoms. The molecular formula is C27H30F2N6O. The fraction of sp³-hybridized carbons (Fsp3) is 0.333. The molecule has 1 aliphatic heterocycles. The first-order valence-electron chi connectivity index (χ1n) is 12.1. The third-order valence-corrected chi connectivity index (χ3v) is 6.47. The molecule has 2 aromatic heterocycles. The van der Waals surface area contributed by atoms with Crippen LogP contribution in [0.5, 0.6) is 5.75 Å². The Morgan fingerprint density at radius 1 is 1.14 bits per heavy atom. The molecule has 1 fully saturated rings. The molecule has 1 aliphatic rings. The number of nitrogen functional groups attached to an aromatic ring is 1. The molecule has 0 aliphatic carbocycles. The molecule has 1 saturated heterocycles. The number of imidazole rings is 1. The van der Waals surface area contributed by atoms with Gasteiger partial charge in [-0.3, -0.25) is 0 Å². The standard InChI is InChI=1S/C27H30F2N6O/c1-17(16-33(2)3)36-25-13-18(6-9-22(25)30)24-15-31-26-10-11-27(32-35(24)26)34-12-4-5-23(34)20-14-19(28)7-8-21(20)29/h6-11,13-15,17,23H,4-5,12,16,30H2,1-3H3. The van der Waals surface area contributed by atoms with Crippen LogP contribution in [0.2, 0.25) is 0 Å². The zero-order chi connectivity index (χ0) is 25.4. The average molecular weight is 493 g/mol. The quantitative estimate of drug-likeness (QED) is 0.369. The van der Waals surface area contributed by atoms with Crippen LogP contribution in [0.15, 0.2) is 54.7 Å². The lowest BCUT2D eigenvalue weighted by Gasteiger charge is -2.26. The summed E-state index contributed by atoms with van der Waals surface area (Å²) in [5.74, 6) is 0.434. The number of nitrogens with zero attached hydrogens (tertiary/aromatic N) is 5. The molecule has 2 aromatic carbocycles. The first kappa shape index (κ1) is 24.0. The van der Waals surface area contributed by atoms with Crippen LogP contribution in [0.4, 0.5) is 20.3 Å². The number of aromatic nitrogens is 3. The number of likely N-dealkylation sites (N-methyl/N-ethyl adjacent to an activating group) is 1. The molecule has 0 saturated carbocycles. The van der Waals surface area contributed by atoms with Crippen molar-refractivity contribution in [2.75, 3.05) is 37.8 Å². The van der Waals surface area contributed by atoms with Gasteiger partial charge in [-0.1, -0.05) is 6.07 Å². The van der Waals surface area contributed by atoms with Crippen LogP contribution in [0.1, 0.15) is 31.4 Å². The van der Waals surface area contributed by atoms with Gasteiger partial charge in [-0.25, -0.2) is 18.3 Å². The van der Waals surface area contributed by atoms with Gasteiger partial charge in [-0.05, 0) is 76.3 Å². The van der Waals surface area contributed by atoms with Crippen molar-refractivity contribution in [2.24, 2.45) is 0 Å². The number of ether oxygens (including phenoxy) is 1. The molecule has 0 amide bonds. The van der Waals surface area contributed by atoms with Crippen molar-refractivity contribution < 1.29 is 13.5 Å². The molecule has 0 bridgehead atoms. The third kappa shape index (κ3) is 4.70. The van der Waals surface area contributed by atoms with Gasteiger partial charge in [-0.15, -0.1) is 5.10 Å². The second-order valence-corrected chi connectivity index (χ2v) is 9.57. The van der Waals surface area contributed by atoms with Gasteiger partial charge in [0.25, 0.3) is 0 Å². The summed E-state index contributed by atoms with van der Waals surface area (Å²) >= 11 is 0. The van der Waals surface area contributed by atoms with Gasteiger partial charge < -0.3 is 20.3 Å². The Balaban J connectivity index is 1.49. The monoisotopic (exact) mass is 492 g/mol. The summed E-state index contributed by atoms with van der Waals surface area (Å²) in [5.41, 5.74) is 9.44. The fourth-order valence-electron chi connectivity index (χ4n) is 4.91. The third-order valence-electron chi connectivity index (χ3n) is 6.47. The van der Waals surface area contributed by atoms with Gasteiger partial charge in [0.1, 0.15) is 29.3 Å². The van der Waals surface area contributed by atoms with Gasteiger partial charge >= 0.3 is 0 Å². The van der Waals surface area contributed by atoms with E-state index in [2.05, 4.69) is 9.88 Å². The van der Waals surface area contributed by atoms with Crippen LogP contribution < -0.4 is 15.4 Å². The van der Waals surface area contributed by atoms with Crippen LogP contribution >= 0.6 is 0 Å². The van der Waals surface area contributed by atoms with E-state index in [0.29, 0.717) is 35.0 Å². The lowest BCUT2D eigenvalue weighted by Crippen LogP contribution is -2.28. The Bertz CT molecular complexity index is 1390. The number of rotatable bonds is 7. The summed E-state index contributed by atoms with van der Waals surface area (Å²) in [6, 6.07) is 12.7. The van der Waals surface area contributed by atoms with E-state index in [1.54, 1.807) is 10.7 Å². The number of nitrogens with two attached hydrogens (primary N) is 1. The van der Waals surface area contributed by atoms with Crippen molar-refractivity contribution in [1.29, 1.82) is 0 Å². The minimum atomic E-state index is -0.445. The van der Waals surface area contributed by atoms with Gasteiger partial charge in [0.2, 0.25) is 0 Å². The van der Waals surface area contributed by atoms with Crippen LogP contribution in [0.25, 0.3) is 16.9 Å². The van der Waals surface area contributed by atoms with E-state index in [4.69, 9.17) is 15.6 Å². The highest BCUT2D eigenvalue weighted by Crippen LogP contribution is 2.37. The fourth-order valence-corrected chi connectivity index (χ4v) is 4.91. The zero-order valence-electron chi connectivity index (χ0n) is 20.7. The Morgan fingerprint density at radius 2 is 1.97 bits per heavy atom. The maximum atomic E-state index is 14.6. The molecule has 0 radical (unpaired) electrons. The number of hydrogen-bond donors (Lipinski definition) is 1. The molecule has 2 N–H and O–H groups in total. The van der Waals surface area contributed by atoms with Gasteiger partial charge in [0.15, 0.2) is 5.65 Å². The van der Waals surface area contributed by atoms with E-state index in [0.717, 1.165) is 36.7 Å². The molecular weight excluding hydrogens is 462 g/mol. The van der Waals surface area contributed by atoms with E-state index in [-0.39, 0.29) is 12.1 Å². The predicted molar refractivity (Wildman–Crippen MR) is 137 cm³/mol. The molecule has 4 aromatic rings. The first-order valence-corrected chi connectivity index (χ1v) is 12.1. The summed E-state index contributed by atoms with van der Waals surface area (Å²) in [5, 5.41) is 4.86. The number of benzene rings is 2. The minimum Gasteiger partial charge on any atom is -0.487 e. The molecule has 3 heterocycles. The molecule has 7 nitrogen and oxygen atoms in total. The number of halogens is 2. The maximum absolute atomic E-state index is 14.6. The SMILES string of the molecule is CC(CN(C)C)Oc1cc(-c2cnc3ccc(N4CCCC4c4cc(F)ccc4F)nn23)ccc1N. The maximum Gasteiger partial charge on any atom is 0.154 e. The highest BCUT2D eigenvalue weighted by molar-refractivity contribution is 5.69. The van der Waals surface area contributed by atoms with Crippen LogP contribution in [-0.2, 0) is 0 Å². The number of anilines is 2. The largest absolute Gasteiger partial charge is 0.487 e. The molecule has 5 rings (SSSR count). The van der Waals surface area contributed by atoms with Crippen molar-refractivity contribution in [2.45, 2.75) is 31.9 Å². The number of fused-ring (bicyclic) bond motifs is 1. The Kier molecular flexibility index (Phi) is 6.49. The van der Waals surface area contributed by atoms with E-state index in [9.17, 15) is 8.78 Å². The summed E-state index contributed by atoms with van der Waals surface area (Å²) in [6.07, 6.45) is 3.31. The zero-order valence-corrected chi connectivity index (χ0v) is 20.7. The summed E-state index contributed by atoms with van der Waals surface area (Å²) in [6.45, 7) is 3.46. The van der Waals surface area contributed by atoms with E-state index in [1.165, 1.54) is 12.1 Å². The second-order valence-electron chi connectivity index (χ2n) is 9.57. The molecule has 188 valence electrons. The second kappa shape index (κ2) is 9.73. The lowest BCUT2D eigenvalue weighted by molar-refractivity contribution is 0.178. The Morgan fingerprint density at radius 3 is 2.78 bits per heavy atom. The minimum absolute atomic E-state index is 0.0419. The first-order chi connectivity index (χ1) is 17.3. The van der Waals surface area contributed by atoms with Crippen molar-refractivity contribution in [3.05, 3.63) is 71.9 Å². The lowest BCUT2D eigenvalue weighted by atomic mass is 10.0. The van der Waals surface area contributed by atoms with E-state index in [1.807, 2.05) is 56.3 Å². The number of hydrogen-bond acceptors (Lipinski definition) is 6. The molecule has 0 spiro atoms. The summed E-state index contributed by atoms with van der Waals surface area (Å²) in [4.78, 5) is 8.60. The van der Waals surface area contributed by atoms with Gasteiger partial charge in [0.05, 0.1) is 23.6 Å². The average Bonchev–Trinajstić information content (AvgIpc) is 3.48. The van der Waals surface area contributed by atoms with Crippen LogP contribution in [0.3, 0.4) is 0 Å². The summed E-state index contributed by atoms with van der Waals surface area (Å²) < 4.78 is 36.4. The van der Waals surface area contributed by atoms with Crippen LogP contribution in [0, 0.1) is 11.6 Å². The summed E-state index contributed by atoms with van der Waals surface area (Å²) in [7, 11) is 3.99. The highest BCUT2D eigenvalue weighted by atomic mass is 19.1. The highest BCUT2D eigenvalue weighted by Gasteiger charge is 2.30. The van der Waals surface area contributed by atoms with Crippen molar-refractivity contribution in [1.82, 2.24) is 19.5 Å². The van der Waals surface area contributed by atoms with Gasteiger partial charge in [0, 0.05) is 24.2 Å². The van der Waals surface area contributed by atoms with Gasteiger partial charge in [-0.2, -0.15) is 0 Å². The van der Waals surface area contributed by atoms with E-state index < -0.39 is 11.6 Å². The molecule has 2 atom stereocenters. The molecule has 36 heavy (non-hydrogen) atoms. The van der Waals surface area contributed by atoms with Crippen molar-refractivity contribution in [3.8, 4) is 17.0 Å². The molecule has 2 unspecified atom stereocenters. The normalized spacial score (nSPS) is 16.7. The smallest absolute Gasteiger partial charge is 0.154 e. The topological polar surface area (TPSA) is 71.9 Å². The Labute approximate surface area is 209 Å². The van der Waals surface area contributed by atoms with Crippen LogP contribution in [-0.4, -0.2) is 52.8 Å².